The zero-order valence-electron chi connectivity index (χ0n) is 19.5. The maximum Gasteiger partial charge on any atom is 0.245 e. The molecule has 1 aromatic carbocycles. The predicted molar refractivity (Wildman–Crippen MR) is 132 cm³/mol. The largest absolute Gasteiger partial charge is 0.368 e. The number of benzene rings is 1. The molecule has 1 aliphatic heterocycles. The molecule has 1 atom stereocenters. The van der Waals surface area contributed by atoms with Gasteiger partial charge in [-0.3, -0.25) is 19.4 Å². The van der Waals surface area contributed by atoms with Gasteiger partial charge in [0.05, 0.1) is 6.42 Å². The van der Waals surface area contributed by atoms with Gasteiger partial charge in [-0.1, -0.05) is 36.9 Å². The third kappa shape index (κ3) is 7.72. The first-order valence-corrected chi connectivity index (χ1v) is 11.7. The summed E-state index contributed by atoms with van der Waals surface area (Å²) in [6, 6.07) is 12.8. The summed E-state index contributed by atoms with van der Waals surface area (Å²) in [4.78, 5) is 45.5. The number of amides is 3. The molecular formula is C26H33N5O3. The maximum absolute atomic E-state index is 13.3. The van der Waals surface area contributed by atoms with Crippen LogP contribution in [0.2, 0.25) is 0 Å². The fraction of sp³-hybridized carbons (Fsp3) is 0.385. The van der Waals surface area contributed by atoms with Gasteiger partial charge in [0.2, 0.25) is 17.7 Å². The Balaban J connectivity index is 1.56. The van der Waals surface area contributed by atoms with Crippen molar-refractivity contribution in [3.8, 4) is 0 Å². The Bertz CT molecular complexity index is 943. The number of nitrogens with zero attached hydrogens (tertiary/aromatic N) is 3. The van der Waals surface area contributed by atoms with E-state index < -0.39 is 6.04 Å². The van der Waals surface area contributed by atoms with Gasteiger partial charge in [-0.2, -0.15) is 0 Å². The highest BCUT2D eigenvalue weighted by Crippen LogP contribution is 2.16. The molecular weight excluding hydrogens is 430 g/mol. The van der Waals surface area contributed by atoms with Gasteiger partial charge in [0.25, 0.3) is 0 Å². The van der Waals surface area contributed by atoms with Crippen molar-refractivity contribution in [2.24, 2.45) is 0 Å². The van der Waals surface area contributed by atoms with E-state index in [1.54, 1.807) is 12.4 Å². The molecule has 0 saturated carbocycles. The summed E-state index contributed by atoms with van der Waals surface area (Å²) in [6.07, 6.45) is 6.95. The number of aromatic nitrogens is 1. The van der Waals surface area contributed by atoms with Crippen molar-refractivity contribution in [3.05, 3.63) is 73.1 Å². The number of unbranched alkanes of at least 4 members (excludes halogenated alkanes) is 1. The molecule has 2 aromatic rings. The van der Waals surface area contributed by atoms with Crippen molar-refractivity contribution in [3.63, 3.8) is 0 Å². The van der Waals surface area contributed by atoms with Crippen molar-refractivity contribution in [1.29, 1.82) is 0 Å². The molecule has 0 bridgehead atoms. The fourth-order valence-corrected chi connectivity index (χ4v) is 4.00. The second-order valence-electron chi connectivity index (χ2n) is 8.29. The van der Waals surface area contributed by atoms with Gasteiger partial charge in [-0.15, -0.1) is 0 Å². The van der Waals surface area contributed by atoms with Crippen LogP contribution in [-0.4, -0.2) is 66.4 Å². The second-order valence-corrected chi connectivity index (χ2v) is 8.29. The highest BCUT2D eigenvalue weighted by molar-refractivity contribution is 5.88. The monoisotopic (exact) mass is 463 g/mol. The molecule has 0 unspecified atom stereocenters. The lowest BCUT2D eigenvalue weighted by atomic mass is 10.1. The third-order valence-corrected chi connectivity index (χ3v) is 5.86. The number of carbonyl (C=O) groups excluding carboxylic acids is 3. The van der Waals surface area contributed by atoms with Crippen LogP contribution in [0.3, 0.4) is 0 Å². The van der Waals surface area contributed by atoms with Crippen molar-refractivity contribution < 1.29 is 14.4 Å². The van der Waals surface area contributed by atoms with Crippen molar-refractivity contribution in [1.82, 2.24) is 20.5 Å². The Labute approximate surface area is 201 Å². The molecule has 2 N–H and O–H groups in total. The molecule has 1 aromatic heterocycles. The van der Waals surface area contributed by atoms with Gasteiger partial charge < -0.3 is 20.4 Å². The van der Waals surface area contributed by atoms with E-state index in [0.717, 1.165) is 24.3 Å². The SMILES string of the molecule is C=CC(=O)NCCCC[C@H](NC(=O)Cc1ccccc1)C(=O)N1CCN(c2ccncc2)CC1. The van der Waals surface area contributed by atoms with Gasteiger partial charge in [-0.05, 0) is 43.0 Å². The van der Waals surface area contributed by atoms with Crippen LogP contribution in [0.1, 0.15) is 24.8 Å². The van der Waals surface area contributed by atoms with Gasteiger partial charge >= 0.3 is 0 Å². The molecule has 1 aliphatic rings. The number of rotatable bonds is 11. The Kier molecular flexibility index (Phi) is 9.64. The molecule has 2 heterocycles. The van der Waals surface area contributed by atoms with E-state index in [-0.39, 0.29) is 24.1 Å². The van der Waals surface area contributed by atoms with E-state index in [0.29, 0.717) is 38.9 Å². The van der Waals surface area contributed by atoms with E-state index in [2.05, 4.69) is 27.1 Å². The lowest BCUT2D eigenvalue weighted by molar-refractivity contribution is -0.136. The number of piperazine rings is 1. The van der Waals surface area contributed by atoms with Crippen LogP contribution in [0, 0.1) is 0 Å². The highest BCUT2D eigenvalue weighted by atomic mass is 16.2. The maximum atomic E-state index is 13.3. The lowest BCUT2D eigenvalue weighted by Crippen LogP contribution is -2.55. The Morgan fingerprint density at radius 3 is 2.38 bits per heavy atom. The van der Waals surface area contributed by atoms with Gasteiger partial charge in [0, 0.05) is 50.8 Å². The molecule has 8 heteroatoms. The van der Waals surface area contributed by atoms with E-state index >= 15 is 0 Å². The molecule has 180 valence electrons. The van der Waals surface area contributed by atoms with Crippen LogP contribution in [0.4, 0.5) is 5.69 Å². The Morgan fingerprint density at radius 2 is 1.71 bits per heavy atom. The van der Waals surface area contributed by atoms with Crippen LogP contribution in [-0.2, 0) is 20.8 Å². The smallest absolute Gasteiger partial charge is 0.245 e. The first-order chi connectivity index (χ1) is 16.6. The summed E-state index contributed by atoms with van der Waals surface area (Å²) < 4.78 is 0. The van der Waals surface area contributed by atoms with Crippen LogP contribution < -0.4 is 15.5 Å². The van der Waals surface area contributed by atoms with Crippen molar-refractivity contribution >= 4 is 23.4 Å². The van der Waals surface area contributed by atoms with Gasteiger partial charge in [0.15, 0.2) is 0 Å². The average Bonchev–Trinajstić information content (AvgIpc) is 2.88. The van der Waals surface area contributed by atoms with Gasteiger partial charge in [-0.25, -0.2) is 0 Å². The minimum Gasteiger partial charge on any atom is -0.368 e. The zero-order chi connectivity index (χ0) is 24.2. The Hall–Kier alpha value is -3.68. The third-order valence-electron chi connectivity index (χ3n) is 5.86. The molecule has 0 aliphatic carbocycles. The summed E-state index contributed by atoms with van der Waals surface area (Å²) >= 11 is 0. The summed E-state index contributed by atoms with van der Waals surface area (Å²) in [5, 5.41) is 5.70. The summed E-state index contributed by atoms with van der Waals surface area (Å²) in [5.41, 5.74) is 2.00. The molecule has 34 heavy (non-hydrogen) atoms. The summed E-state index contributed by atoms with van der Waals surface area (Å²) in [6.45, 7) is 6.60. The molecule has 3 amide bonds. The predicted octanol–water partition coefficient (Wildman–Crippen LogP) is 1.93. The summed E-state index contributed by atoms with van der Waals surface area (Å²) in [7, 11) is 0. The lowest BCUT2D eigenvalue weighted by Gasteiger charge is -2.37. The van der Waals surface area contributed by atoms with E-state index in [4.69, 9.17) is 0 Å². The number of nitrogens with one attached hydrogen (secondary N) is 2. The normalized spacial score (nSPS) is 14.2. The number of hydrogen-bond donors (Lipinski definition) is 2. The molecule has 0 radical (unpaired) electrons. The minimum atomic E-state index is -0.584. The number of hydrogen-bond acceptors (Lipinski definition) is 5. The number of carbonyl (C=O) groups is 3. The first-order valence-electron chi connectivity index (χ1n) is 11.7. The topological polar surface area (TPSA) is 94.6 Å². The van der Waals surface area contributed by atoms with Gasteiger partial charge in [0.1, 0.15) is 6.04 Å². The quantitative estimate of drug-likeness (QED) is 0.392. The molecule has 3 rings (SSSR count). The van der Waals surface area contributed by atoms with Crippen molar-refractivity contribution in [2.45, 2.75) is 31.7 Å². The highest BCUT2D eigenvalue weighted by Gasteiger charge is 2.28. The van der Waals surface area contributed by atoms with Crippen LogP contribution >= 0.6 is 0 Å². The average molecular weight is 464 g/mol. The Morgan fingerprint density at radius 1 is 1.00 bits per heavy atom. The minimum absolute atomic E-state index is 0.0501. The zero-order valence-corrected chi connectivity index (χ0v) is 19.5. The van der Waals surface area contributed by atoms with E-state index in [1.165, 1.54) is 6.08 Å². The van der Waals surface area contributed by atoms with Crippen molar-refractivity contribution in [2.75, 3.05) is 37.6 Å². The summed E-state index contributed by atoms with van der Waals surface area (Å²) in [5.74, 6) is -0.429. The van der Waals surface area contributed by atoms with Crippen LogP contribution in [0.25, 0.3) is 0 Å². The molecule has 0 spiro atoms. The van der Waals surface area contributed by atoms with Crippen LogP contribution in [0.5, 0.6) is 0 Å². The fourth-order valence-electron chi connectivity index (χ4n) is 4.00. The number of pyridine rings is 1. The van der Waals surface area contributed by atoms with Crippen LogP contribution in [0.15, 0.2) is 67.5 Å². The first kappa shape index (κ1) is 25.0. The van der Waals surface area contributed by atoms with E-state index in [1.807, 2.05) is 47.4 Å². The second kappa shape index (κ2) is 13.1. The number of anilines is 1. The molecule has 1 fully saturated rings. The molecule has 8 nitrogen and oxygen atoms in total. The van der Waals surface area contributed by atoms with E-state index in [9.17, 15) is 14.4 Å². The molecule has 1 saturated heterocycles. The standard InChI is InChI=1S/C26H33N5O3/c1-2-24(32)28-13-7-6-10-23(29-25(33)20-21-8-4-3-5-9-21)26(34)31-18-16-30(17-19-31)22-11-14-27-15-12-22/h2-5,8-9,11-12,14-15,23H,1,6-7,10,13,16-20H2,(H,28,32)(H,29,33)/t23-/m0/s1.